The molecule has 5 heteroatoms. The molecule has 0 saturated heterocycles. The minimum Gasteiger partial charge on any atom is -0.475 e. The SMILES string of the molecule is COC(=O)c1nccc(OC(C)C)n1. The Labute approximate surface area is 82.1 Å². The highest BCUT2D eigenvalue weighted by molar-refractivity contribution is 5.84. The molecular formula is C9H12N2O3. The fourth-order valence-electron chi connectivity index (χ4n) is 0.839. The molecule has 0 aliphatic carbocycles. The summed E-state index contributed by atoms with van der Waals surface area (Å²) in [5.41, 5.74) is 0. The lowest BCUT2D eigenvalue weighted by molar-refractivity contribution is 0.0584. The average molecular weight is 196 g/mol. The van der Waals surface area contributed by atoms with Crippen molar-refractivity contribution in [2.45, 2.75) is 20.0 Å². The Kier molecular flexibility index (Phi) is 3.39. The minimum absolute atomic E-state index is 0.00523. The van der Waals surface area contributed by atoms with E-state index >= 15 is 0 Å². The van der Waals surface area contributed by atoms with Crippen LogP contribution in [-0.4, -0.2) is 29.2 Å². The third-order valence-electron chi connectivity index (χ3n) is 1.35. The number of carbonyl (C=O) groups excluding carboxylic acids is 1. The summed E-state index contributed by atoms with van der Waals surface area (Å²) in [5, 5.41) is 0. The Morgan fingerprint density at radius 2 is 2.21 bits per heavy atom. The molecule has 76 valence electrons. The summed E-state index contributed by atoms with van der Waals surface area (Å²) in [6.45, 7) is 3.75. The van der Waals surface area contributed by atoms with Gasteiger partial charge in [0.25, 0.3) is 0 Å². The molecule has 0 bridgehead atoms. The molecule has 0 saturated carbocycles. The van der Waals surface area contributed by atoms with E-state index in [0.717, 1.165) is 0 Å². The number of hydrogen-bond donors (Lipinski definition) is 0. The van der Waals surface area contributed by atoms with Crippen molar-refractivity contribution in [3.8, 4) is 5.88 Å². The molecule has 14 heavy (non-hydrogen) atoms. The van der Waals surface area contributed by atoms with Gasteiger partial charge in [-0.2, -0.15) is 4.98 Å². The Morgan fingerprint density at radius 1 is 1.50 bits per heavy atom. The van der Waals surface area contributed by atoms with Crippen molar-refractivity contribution in [3.05, 3.63) is 18.1 Å². The fourth-order valence-corrected chi connectivity index (χ4v) is 0.839. The standard InChI is InChI=1S/C9H12N2O3/c1-6(2)14-7-4-5-10-8(11-7)9(12)13-3/h4-6H,1-3H3. The summed E-state index contributed by atoms with van der Waals surface area (Å²) in [4.78, 5) is 18.7. The smallest absolute Gasteiger partial charge is 0.376 e. The summed E-state index contributed by atoms with van der Waals surface area (Å²) in [5.74, 6) is -0.194. The van der Waals surface area contributed by atoms with Crippen LogP contribution in [0.5, 0.6) is 5.88 Å². The second-order valence-corrected chi connectivity index (χ2v) is 2.88. The highest BCUT2D eigenvalue weighted by Gasteiger charge is 2.10. The summed E-state index contributed by atoms with van der Waals surface area (Å²) in [6.07, 6.45) is 1.46. The number of hydrogen-bond acceptors (Lipinski definition) is 5. The quantitative estimate of drug-likeness (QED) is 0.676. The fraction of sp³-hybridized carbons (Fsp3) is 0.444. The van der Waals surface area contributed by atoms with E-state index in [0.29, 0.717) is 5.88 Å². The predicted octanol–water partition coefficient (Wildman–Crippen LogP) is 1.05. The molecule has 0 fully saturated rings. The van der Waals surface area contributed by atoms with Gasteiger partial charge in [-0.15, -0.1) is 0 Å². The van der Waals surface area contributed by atoms with Crippen molar-refractivity contribution in [2.75, 3.05) is 7.11 Å². The summed E-state index contributed by atoms with van der Waals surface area (Å²) < 4.78 is 9.77. The number of ether oxygens (including phenoxy) is 2. The van der Waals surface area contributed by atoms with E-state index in [2.05, 4.69) is 14.7 Å². The molecule has 1 heterocycles. The minimum atomic E-state index is -0.570. The van der Waals surface area contributed by atoms with E-state index in [1.807, 2.05) is 13.8 Å². The van der Waals surface area contributed by atoms with Gasteiger partial charge < -0.3 is 9.47 Å². The van der Waals surface area contributed by atoms with E-state index in [-0.39, 0.29) is 11.9 Å². The van der Waals surface area contributed by atoms with Crippen LogP contribution < -0.4 is 4.74 Å². The first-order valence-corrected chi connectivity index (χ1v) is 4.21. The van der Waals surface area contributed by atoms with Gasteiger partial charge in [0.15, 0.2) is 0 Å². The topological polar surface area (TPSA) is 61.3 Å². The third kappa shape index (κ3) is 2.69. The molecule has 0 atom stereocenters. The van der Waals surface area contributed by atoms with E-state index in [9.17, 15) is 4.79 Å². The van der Waals surface area contributed by atoms with Gasteiger partial charge in [-0.05, 0) is 13.8 Å². The van der Waals surface area contributed by atoms with Crippen LogP contribution in [0.15, 0.2) is 12.3 Å². The zero-order chi connectivity index (χ0) is 10.6. The number of rotatable bonds is 3. The third-order valence-corrected chi connectivity index (χ3v) is 1.35. The van der Waals surface area contributed by atoms with Gasteiger partial charge in [0.05, 0.1) is 13.2 Å². The Morgan fingerprint density at radius 3 is 2.79 bits per heavy atom. The van der Waals surface area contributed by atoms with Gasteiger partial charge in [-0.1, -0.05) is 0 Å². The molecule has 0 spiro atoms. The van der Waals surface area contributed by atoms with Gasteiger partial charge >= 0.3 is 5.97 Å². The van der Waals surface area contributed by atoms with Crippen LogP contribution in [-0.2, 0) is 4.74 Å². The summed E-state index contributed by atoms with van der Waals surface area (Å²) >= 11 is 0. The highest BCUT2D eigenvalue weighted by Crippen LogP contribution is 2.07. The van der Waals surface area contributed by atoms with Crippen LogP contribution in [0.2, 0.25) is 0 Å². The molecule has 1 aromatic heterocycles. The van der Waals surface area contributed by atoms with Crippen LogP contribution in [0.1, 0.15) is 24.5 Å². The summed E-state index contributed by atoms with van der Waals surface area (Å²) in [6, 6.07) is 1.59. The van der Waals surface area contributed by atoms with Crippen molar-refractivity contribution < 1.29 is 14.3 Å². The Hall–Kier alpha value is -1.65. The van der Waals surface area contributed by atoms with Gasteiger partial charge in [-0.3, -0.25) is 0 Å². The number of nitrogens with zero attached hydrogens (tertiary/aromatic N) is 2. The van der Waals surface area contributed by atoms with E-state index in [1.165, 1.54) is 13.3 Å². The largest absolute Gasteiger partial charge is 0.475 e. The molecule has 0 unspecified atom stereocenters. The van der Waals surface area contributed by atoms with Crippen molar-refractivity contribution in [2.24, 2.45) is 0 Å². The molecule has 0 aromatic carbocycles. The predicted molar refractivity (Wildman–Crippen MR) is 49.1 cm³/mol. The van der Waals surface area contributed by atoms with Gasteiger partial charge in [0.1, 0.15) is 0 Å². The van der Waals surface area contributed by atoms with Crippen molar-refractivity contribution in [3.63, 3.8) is 0 Å². The number of carbonyl (C=O) groups is 1. The normalized spacial score (nSPS) is 10.0. The molecule has 0 N–H and O–H groups in total. The maximum absolute atomic E-state index is 11.0. The van der Waals surface area contributed by atoms with Crippen LogP contribution >= 0.6 is 0 Å². The van der Waals surface area contributed by atoms with Gasteiger partial charge in [0.2, 0.25) is 11.7 Å². The molecule has 5 nitrogen and oxygen atoms in total. The maximum Gasteiger partial charge on any atom is 0.376 e. The average Bonchev–Trinajstić information content (AvgIpc) is 2.16. The zero-order valence-electron chi connectivity index (χ0n) is 8.35. The van der Waals surface area contributed by atoms with Crippen LogP contribution in [0.3, 0.4) is 0 Å². The first-order valence-electron chi connectivity index (χ1n) is 4.21. The van der Waals surface area contributed by atoms with E-state index in [4.69, 9.17) is 4.74 Å². The maximum atomic E-state index is 11.0. The van der Waals surface area contributed by atoms with E-state index in [1.54, 1.807) is 6.07 Å². The van der Waals surface area contributed by atoms with Gasteiger partial charge in [0, 0.05) is 12.3 Å². The highest BCUT2D eigenvalue weighted by atomic mass is 16.5. The molecule has 0 aliphatic rings. The first-order chi connectivity index (χ1) is 6.63. The Balaban J connectivity index is 2.84. The number of aromatic nitrogens is 2. The van der Waals surface area contributed by atoms with Crippen molar-refractivity contribution in [1.29, 1.82) is 0 Å². The summed E-state index contributed by atoms with van der Waals surface area (Å²) in [7, 11) is 1.28. The van der Waals surface area contributed by atoms with Gasteiger partial charge in [-0.25, -0.2) is 9.78 Å². The second-order valence-electron chi connectivity index (χ2n) is 2.88. The second kappa shape index (κ2) is 4.55. The molecule has 0 aliphatic heterocycles. The molecular weight excluding hydrogens is 184 g/mol. The lowest BCUT2D eigenvalue weighted by atomic mass is 10.5. The van der Waals surface area contributed by atoms with Crippen molar-refractivity contribution >= 4 is 5.97 Å². The van der Waals surface area contributed by atoms with Crippen LogP contribution in [0.25, 0.3) is 0 Å². The van der Waals surface area contributed by atoms with Crippen LogP contribution in [0.4, 0.5) is 0 Å². The van der Waals surface area contributed by atoms with Crippen molar-refractivity contribution in [1.82, 2.24) is 9.97 Å². The number of methoxy groups -OCH3 is 1. The molecule has 1 rings (SSSR count). The lowest BCUT2D eigenvalue weighted by Crippen LogP contribution is -2.11. The van der Waals surface area contributed by atoms with Crippen LogP contribution in [0, 0.1) is 0 Å². The first kappa shape index (κ1) is 10.4. The van der Waals surface area contributed by atoms with E-state index < -0.39 is 5.97 Å². The number of esters is 1. The monoisotopic (exact) mass is 196 g/mol. The zero-order valence-corrected chi connectivity index (χ0v) is 8.35. The molecule has 0 radical (unpaired) electrons. The Bertz CT molecular complexity index is 326. The molecule has 0 amide bonds. The molecule has 1 aromatic rings. The lowest BCUT2D eigenvalue weighted by Gasteiger charge is -2.08.